The van der Waals surface area contributed by atoms with E-state index in [0.29, 0.717) is 18.1 Å². The van der Waals surface area contributed by atoms with E-state index in [1.807, 2.05) is 13.8 Å². The van der Waals surface area contributed by atoms with Gasteiger partial charge in [-0.15, -0.1) is 11.3 Å². The summed E-state index contributed by atoms with van der Waals surface area (Å²) in [6.07, 6.45) is -2.54. The standard InChI is InChI=1S/C18H19F3N2O4S2/c1-12(2)7-8-23(11-13-4-3-9-26-13)29(24,25)17-6-5-15(28-17)14-10-16(27-22-14)18(19,20)21/h3-6,9-10,12H,7-8,11H2,1-2H3. The van der Waals surface area contributed by atoms with E-state index in [4.69, 9.17) is 4.42 Å². The van der Waals surface area contributed by atoms with Crippen molar-refractivity contribution in [2.45, 2.75) is 37.2 Å². The molecule has 3 aromatic heterocycles. The van der Waals surface area contributed by atoms with Gasteiger partial charge in [0.1, 0.15) is 15.7 Å². The Morgan fingerprint density at radius 2 is 2.00 bits per heavy atom. The van der Waals surface area contributed by atoms with Crippen LogP contribution < -0.4 is 0 Å². The summed E-state index contributed by atoms with van der Waals surface area (Å²) in [5.74, 6) is -0.443. The molecule has 3 aromatic rings. The van der Waals surface area contributed by atoms with Crippen molar-refractivity contribution >= 4 is 21.4 Å². The first-order valence-electron chi connectivity index (χ1n) is 8.74. The highest BCUT2D eigenvalue weighted by molar-refractivity contribution is 7.91. The van der Waals surface area contributed by atoms with Crippen molar-refractivity contribution < 1.29 is 30.5 Å². The smallest absolute Gasteiger partial charge is 0.452 e. The van der Waals surface area contributed by atoms with Crippen LogP contribution in [0.5, 0.6) is 0 Å². The second-order valence-electron chi connectivity index (χ2n) is 6.79. The third kappa shape index (κ3) is 5.09. The second kappa shape index (κ2) is 8.33. The highest BCUT2D eigenvalue weighted by Crippen LogP contribution is 2.36. The first kappa shape index (κ1) is 21.6. The van der Waals surface area contributed by atoms with Crippen molar-refractivity contribution in [2.24, 2.45) is 5.92 Å². The van der Waals surface area contributed by atoms with Gasteiger partial charge in [-0.2, -0.15) is 17.5 Å². The van der Waals surface area contributed by atoms with Crippen LogP contribution in [0.4, 0.5) is 13.2 Å². The number of furan rings is 1. The summed E-state index contributed by atoms with van der Waals surface area (Å²) in [7, 11) is -3.87. The Morgan fingerprint density at radius 3 is 2.59 bits per heavy atom. The molecular formula is C18H19F3N2O4S2. The van der Waals surface area contributed by atoms with Crippen LogP contribution in [-0.4, -0.2) is 24.4 Å². The molecular weight excluding hydrogens is 429 g/mol. The zero-order valence-corrected chi connectivity index (χ0v) is 17.3. The van der Waals surface area contributed by atoms with Crippen LogP contribution in [0.1, 0.15) is 31.8 Å². The van der Waals surface area contributed by atoms with E-state index in [1.165, 1.54) is 22.7 Å². The molecule has 0 saturated heterocycles. The lowest BCUT2D eigenvalue weighted by atomic mass is 10.1. The van der Waals surface area contributed by atoms with Crippen LogP contribution in [0.15, 0.2) is 49.7 Å². The molecule has 0 aromatic carbocycles. The van der Waals surface area contributed by atoms with Crippen molar-refractivity contribution in [3.63, 3.8) is 0 Å². The minimum Gasteiger partial charge on any atom is -0.468 e. The fraction of sp³-hybridized carbons (Fsp3) is 0.389. The topological polar surface area (TPSA) is 76.6 Å². The SMILES string of the molecule is CC(C)CCN(Cc1ccco1)S(=O)(=O)c1ccc(-c2cc(C(F)(F)F)on2)s1. The molecule has 0 spiro atoms. The maximum atomic E-state index is 13.2. The normalized spacial score (nSPS) is 12.9. The quantitative estimate of drug-likeness (QED) is 0.470. The lowest BCUT2D eigenvalue weighted by molar-refractivity contribution is -0.155. The largest absolute Gasteiger partial charge is 0.468 e. The van der Waals surface area contributed by atoms with Crippen LogP contribution in [0.2, 0.25) is 0 Å². The van der Waals surface area contributed by atoms with Gasteiger partial charge in [-0.3, -0.25) is 0 Å². The highest BCUT2D eigenvalue weighted by Gasteiger charge is 2.36. The Morgan fingerprint density at radius 1 is 1.24 bits per heavy atom. The minimum atomic E-state index is -4.66. The molecule has 0 atom stereocenters. The molecule has 0 amide bonds. The van der Waals surface area contributed by atoms with Crippen LogP contribution >= 0.6 is 11.3 Å². The first-order chi connectivity index (χ1) is 13.6. The van der Waals surface area contributed by atoms with Crippen molar-refractivity contribution in [1.29, 1.82) is 0 Å². The van der Waals surface area contributed by atoms with Crippen LogP contribution in [0.3, 0.4) is 0 Å². The van der Waals surface area contributed by atoms with Gasteiger partial charge >= 0.3 is 6.18 Å². The number of halogens is 3. The second-order valence-corrected chi connectivity index (χ2v) is 10.0. The fourth-order valence-corrected chi connectivity index (χ4v) is 5.35. The third-order valence-electron chi connectivity index (χ3n) is 4.09. The van der Waals surface area contributed by atoms with Crippen LogP contribution in [0.25, 0.3) is 10.6 Å². The fourth-order valence-electron chi connectivity index (χ4n) is 2.51. The lowest BCUT2D eigenvalue weighted by Crippen LogP contribution is -2.31. The minimum absolute atomic E-state index is 0.0133. The molecule has 158 valence electrons. The third-order valence-corrected chi connectivity index (χ3v) is 7.51. The summed E-state index contributed by atoms with van der Waals surface area (Å²) in [6, 6.07) is 6.90. The average molecular weight is 448 g/mol. The Balaban J connectivity index is 1.87. The predicted octanol–water partition coefficient (Wildman–Crippen LogP) is 5.25. The monoisotopic (exact) mass is 448 g/mol. The molecule has 11 heteroatoms. The van der Waals surface area contributed by atoms with Gasteiger partial charge in [0, 0.05) is 12.6 Å². The molecule has 6 nitrogen and oxygen atoms in total. The number of aromatic nitrogens is 1. The first-order valence-corrected chi connectivity index (χ1v) is 11.0. The average Bonchev–Trinajstić information content (AvgIpc) is 3.38. The molecule has 0 saturated carbocycles. The molecule has 29 heavy (non-hydrogen) atoms. The van der Waals surface area contributed by atoms with Gasteiger partial charge in [-0.1, -0.05) is 19.0 Å². The zero-order valence-electron chi connectivity index (χ0n) is 15.6. The number of alkyl halides is 3. The number of sulfonamides is 1. The molecule has 0 aliphatic rings. The van der Waals surface area contributed by atoms with Gasteiger partial charge in [-0.05, 0) is 36.6 Å². The Hall–Kier alpha value is -2.11. The summed E-state index contributed by atoms with van der Waals surface area (Å²) < 4.78 is 75.3. The molecule has 3 heterocycles. The number of nitrogens with zero attached hydrogens (tertiary/aromatic N) is 2. The van der Waals surface area contributed by atoms with Crippen molar-refractivity contribution in [1.82, 2.24) is 9.46 Å². The van der Waals surface area contributed by atoms with Crippen LogP contribution in [0, 0.1) is 5.92 Å². The molecule has 0 N–H and O–H groups in total. The van der Waals surface area contributed by atoms with Gasteiger partial charge in [-0.25, -0.2) is 8.42 Å². The Bertz CT molecular complexity index is 1040. The summed E-state index contributed by atoms with van der Waals surface area (Å²) in [5.41, 5.74) is -0.0662. The maximum absolute atomic E-state index is 13.2. The van der Waals surface area contributed by atoms with Gasteiger partial charge in [0.15, 0.2) is 0 Å². The van der Waals surface area contributed by atoms with E-state index in [1.54, 1.807) is 12.1 Å². The Kier molecular flexibility index (Phi) is 6.20. The van der Waals surface area contributed by atoms with Crippen molar-refractivity contribution in [3.8, 4) is 10.6 Å². The van der Waals surface area contributed by atoms with Gasteiger partial charge in [0.05, 0.1) is 17.7 Å². The van der Waals surface area contributed by atoms with E-state index < -0.39 is 22.0 Å². The molecule has 0 unspecified atom stereocenters. The van der Waals surface area contributed by atoms with Crippen molar-refractivity contribution in [3.05, 3.63) is 48.1 Å². The number of hydrogen-bond acceptors (Lipinski definition) is 6. The number of rotatable bonds is 8. The molecule has 0 radical (unpaired) electrons. The van der Waals surface area contributed by atoms with Gasteiger partial charge in [0.25, 0.3) is 10.0 Å². The summed E-state index contributed by atoms with van der Waals surface area (Å²) in [5, 5.41) is 3.41. The molecule has 3 rings (SSSR count). The van der Waals surface area contributed by atoms with E-state index in [0.717, 1.165) is 17.4 Å². The molecule has 0 fully saturated rings. The summed E-state index contributed by atoms with van der Waals surface area (Å²) >= 11 is 0.842. The number of thiophene rings is 1. The van der Waals surface area contributed by atoms with Crippen molar-refractivity contribution in [2.75, 3.05) is 6.54 Å². The highest BCUT2D eigenvalue weighted by atomic mass is 32.2. The van der Waals surface area contributed by atoms with Gasteiger partial charge in [0.2, 0.25) is 5.76 Å². The maximum Gasteiger partial charge on any atom is 0.452 e. The zero-order chi connectivity index (χ0) is 21.2. The van der Waals surface area contributed by atoms with Gasteiger partial charge < -0.3 is 8.94 Å². The summed E-state index contributed by atoms with van der Waals surface area (Å²) in [4.78, 5) is 0.268. The number of hydrogen-bond donors (Lipinski definition) is 0. The summed E-state index contributed by atoms with van der Waals surface area (Å²) in [6.45, 7) is 4.33. The molecule has 0 aliphatic carbocycles. The van der Waals surface area contributed by atoms with Crippen LogP contribution in [-0.2, 0) is 22.7 Å². The van der Waals surface area contributed by atoms with E-state index in [-0.39, 0.29) is 27.9 Å². The lowest BCUT2D eigenvalue weighted by Gasteiger charge is -2.21. The molecule has 0 bridgehead atoms. The van der Waals surface area contributed by atoms with E-state index in [2.05, 4.69) is 9.68 Å². The predicted molar refractivity (Wildman–Crippen MR) is 101 cm³/mol. The Labute approximate surface area is 170 Å². The molecule has 0 aliphatic heterocycles. The van der Waals surface area contributed by atoms with E-state index >= 15 is 0 Å². The van der Waals surface area contributed by atoms with E-state index in [9.17, 15) is 21.6 Å².